The van der Waals surface area contributed by atoms with E-state index < -0.39 is 0 Å². The largest absolute Gasteiger partial charge is 0.339 e. The normalized spacial score (nSPS) is 28.2. The minimum absolute atomic E-state index is 0.212. The van der Waals surface area contributed by atoms with Crippen molar-refractivity contribution in [3.8, 4) is 0 Å². The predicted octanol–water partition coefficient (Wildman–Crippen LogP) is 2.79. The summed E-state index contributed by atoms with van der Waals surface area (Å²) in [5.74, 6) is 1.61. The first-order chi connectivity index (χ1) is 9.13. The fraction of sp³-hybridized carbons (Fsp3) is 0.938. The fourth-order valence-electron chi connectivity index (χ4n) is 3.89. The van der Waals surface area contributed by atoms with Crippen molar-refractivity contribution in [1.29, 1.82) is 0 Å². The number of carbonyl (C=O) groups is 1. The molecular weight excluding hydrogens is 236 g/mol. The monoisotopic (exact) mass is 266 g/mol. The molecule has 0 aliphatic heterocycles. The summed E-state index contributed by atoms with van der Waals surface area (Å²) in [6.45, 7) is 6.03. The quantitative estimate of drug-likeness (QED) is 0.831. The third-order valence-electron chi connectivity index (χ3n) is 4.89. The molecule has 2 N–H and O–H groups in total. The maximum Gasteiger partial charge on any atom is 0.226 e. The molecule has 3 nitrogen and oxygen atoms in total. The Morgan fingerprint density at radius 3 is 2.42 bits per heavy atom. The van der Waals surface area contributed by atoms with Gasteiger partial charge in [0.1, 0.15) is 0 Å². The van der Waals surface area contributed by atoms with E-state index >= 15 is 0 Å². The van der Waals surface area contributed by atoms with Gasteiger partial charge in [-0.05, 0) is 44.1 Å². The van der Waals surface area contributed by atoms with Crippen LogP contribution in [0.15, 0.2) is 0 Å². The molecule has 0 aromatic heterocycles. The highest BCUT2D eigenvalue weighted by Gasteiger charge is 2.37. The third-order valence-corrected chi connectivity index (χ3v) is 4.89. The summed E-state index contributed by atoms with van der Waals surface area (Å²) in [6, 6.07) is 0.508. The summed E-state index contributed by atoms with van der Waals surface area (Å²) in [7, 11) is 0. The van der Waals surface area contributed by atoms with Crippen LogP contribution in [0, 0.1) is 17.8 Å². The molecule has 1 amide bonds. The summed E-state index contributed by atoms with van der Waals surface area (Å²) < 4.78 is 0. The van der Waals surface area contributed by atoms with E-state index in [1.807, 2.05) is 0 Å². The first-order valence-electron chi connectivity index (χ1n) is 8.14. The molecule has 0 bridgehead atoms. The lowest BCUT2D eigenvalue weighted by Gasteiger charge is -2.34. The molecule has 110 valence electrons. The number of amides is 1. The van der Waals surface area contributed by atoms with E-state index in [1.165, 1.54) is 32.1 Å². The van der Waals surface area contributed by atoms with Crippen LogP contribution in [-0.4, -0.2) is 29.9 Å². The molecule has 3 heteroatoms. The zero-order valence-electron chi connectivity index (χ0n) is 12.6. The number of nitrogens with zero attached hydrogens (tertiary/aromatic N) is 1. The molecule has 19 heavy (non-hydrogen) atoms. The summed E-state index contributed by atoms with van der Waals surface area (Å²) in [6.07, 6.45) is 8.37. The number of nitrogens with two attached hydrogens (primary N) is 1. The van der Waals surface area contributed by atoms with Gasteiger partial charge in [0, 0.05) is 18.5 Å². The van der Waals surface area contributed by atoms with Gasteiger partial charge < -0.3 is 10.6 Å². The van der Waals surface area contributed by atoms with E-state index in [4.69, 9.17) is 5.73 Å². The average Bonchev–Trinajstić information content (AvgIpc) is 3.05. The Kier molecular flexibility index (Phi) is 5.26. The van der Waals surface area contributed by atoms with Gasteiger partial charge in [0.25, 0.3) is 0 Å². The number of carbonyl (C=O) groups excluding carboxylic acids is 1. The molecule has 0 saturated heterocycles. The van der Waals surface area contributed by atoms with Crippen LogP contribution >= 0.6 is 0 Å². The van der Waals surface area contributed by atoms with Crippen molar-refractivity contribution in [2.75, 3.05) is 13.1 Å². The van der Waals surface area contributed by atoms with Crippen molar-refractivity contribution in [2.24, 2.45) is 23.5 Å². The van der Waals surface area contributed by atoms with E-state index in [0.717, 1.165) is 19.4 Å². The number of hydrogen-bond acceptors (Lipinski definition) is 2. The first kappa shape index (κ1) is 14.8. The summed E-state index contributed by atoms with van der Waals surface area (Å²) >= 11 is 0. The van der Waals surface area contributed by atoms with Crippen LogP contribution < -0.4 is 5.73 Å². The minimum atomic E-state index is 0.212. The van der Waals surface area contributed by atoms with Gasteiger partial charge in [0.15, 0.2) is 0 Å². The second-order valence-electron chi connectivity index (χ2n) is 6.86. The molecule has 0 spiro atoms. The van der Waals surface area contributed by atoms with Crippen LogP contribution in [0.3, 0.4) is 0 Å². The van der Waals surface area contributed by atoms with Gasteiger partial charge in [-0.25, -0.2) is 0 Å². The SMILES string of the molecule is CC(C)CN(C(=O)[C@@H]1CCC[C@@H]1CN)C1CCCC1. The Morgan fingerprint density at radius 2 is 1.84 bits per heavy atom. The van der Waals surface area contributed by atoms with Gasteiger partial charge in [-0.15, -0.1) is 0 Å². The van der Waals surface area contributed by atoms with E-state index in [9.17, 15) is 4.79 Å². The third kappa shape index (κ3) is 3.50. The maximum atomic E-state index is 12.9. The molecule has 0 aromatic carbocycles. The molecule has 2 fully saturated rings. The number of rotatable bonds is 5. The van der Waals surface area contributed by atoms with Gasteiger partial charge in [0.2, 0.25) is 5.91 Å². The van der Waals surface area contributed by atoms with Crippen molar-refractivity contribution >= 4 is 5.91 Å². The minimum Gasteiger partial charge on any atom is -0.339 e. The molecule has 2 aliphatic carbocycles. The smallest absolute Gasteiger partial charge is 0.226 e. The van der Waals surface area contributed by atoms with Crippen LogP contribution in [0.4, 0.5) is 0 Å². The summed E-state index contributed by atoms with van der Waals surface area (Å²) in [5, 5.41) is 0. The molecule has 0 heterocycles. The highest BCUT2D eigenvalue weighted by atomic mass is 16.2. The van der Waals surface area contributed by atoms with Gasteiger partial charge >= 0.3 is 0 Å². The lowest BCUT2D eigenvalue weighted by molar-refractivity contribution is -0.139. The second kappa shape index (κ2) is 6.74. The van der Waals surface area contributed by atoms with Gasteiger partial charge in [-0.1, -0.05) is 33.1 Å². The number of hydrogen-bond donors (Lipinski definition) is 1. The predicted molar refractivity (Wildman–Crippen MR) is 78.7 cm³/mol. The first-order valence-corrected chi connectivity index (χ1v) is 8.14. The standard InChI is InChI=1S/C16H30N2O/c1-12(2)11-18(14-7-3-4-8-14)16(19)15-9-5-6-13(15)10-17/h12-15H,3-11,17H2,1-2H3/t13-,15-/m1/s1. The Morgan fingerprint density at radius 1 is 1.16 bits per heavy atom. The fourth-order valence-corrected chi connectivity index (χ4v) is 3.89. The summed E-state index contributed by atoms with van der Waals surface area (Å²) in [4.78, 5) is 15.1. The maximum absolute atomic E-state index is 12.9. The van der Waals surface area contributed by atoms with Crippen molar-refractivity contribution in [3.05, 3.63) is 0 Å². The van der Waals surface area contributed by atoms with E-state index in [1.54, 1.807) is 0 Å². The molecule has 0 unspecified atom stereocenters. The van der Waals surface area contributed by atoms with Crippen LogP contribution in [0.1, 0.15) is 58.8 Å². The Bertz CT molecular complexity index is 297. The molecule has 2 atom stereocenters. The van der Waals surface area contributed by atoms with Crippen LogP contribution in [-0.2, 0) is 4.79 Å². The molecule has 2 saturated carbocycles. The topological polar surface area (TPSA) is 46.3 Å². The van der Waals surface area contributed by atoms with Crippen LogP contribution in [0.25, 0.3) is 0 Å². The molecular formula is C16H30N2O. The lowest BCUT2D eigenvalue weighted by Crippen LogP contribution is -2.45. The van der Waals surface area contributed by atoms with E-state index in [2.05, 4.69) is 18.7 Å². The zero-order chi connectivity index (χ0) is 13.8. The molecule has 0 aromatic rings. The van der Waals surface area contributed by atoms with Gasteiger partial charge in [-0.3, -0.25) is 4.79 Å². The highest BCUT2D eigenvalue weighted by Crippen LogP contribution is 2.34. The van der Waals surface area contributed by atoms with Gasteiger partial charge in [0.05, 0.1) is 0 Å². The zero-order valence-corrected chi connectivity index (χ0v) is 12.6. The van der Waals surface area contributed by atoms with E-state index in [-0.39, 0.29) is 5.92 Å². The van der Waals surface area contributed by atoms with Crippen molar-refractivity contribution < 1.29 is 4.79 Å². The molecule has 0 radical (unpaired) electrons. The van der Waals surface area contributed by atoms with E-state index in [0.29, 0.717) is 30.3 Å². The van der Waals surface area contributed by atoms with Crippen LogP contribution in [0.2, 0.25) is 0 Å². The highest BCUT2D eigenvalue weighted by molar-refractivity contribution is 5.80. The lowest BCUT2D eigenvalue weighted by atomic mass is 9.93. The van der Waals surface area contributed by atoms with Crippen molar-refractivity contribution in [3.63, 3.8) is 0 Å². The van der Waals surface area contributed by atoms with Crippen molar-refractivity contribution in [1.82, 2.24) is 4.90 Å². The molecule has 2 rings (SSSR count). The van der Waals surface area contributed by atoms with Gasteiger partial charge in [-0.2, -0.15) is 0 Å². The molecule has 2 aliphatic rings. The van der Waals surface area contributed by atoms with Crippen molar-refractivity contribution in [2.45, 2.75) is 64.8 Å². The Balaban J connectivity index is 2.05. The Hall–Kier alpha value is -0.570. The van der Waals surface area contributed by atoms with Crippen LogP contribution in [0.5, 0.6) is 0 Å². The summed E-state index contributed by atoms with van der Waals surface area (Å²) in [5.41, 5.74) is 5.85. The second-order valence-corrected chi connectivity index (χ2v) is 6.86. The Labute approximate surface area is 117 Å². The average molecular weight is 266 g/mol.